The molecule has 1 N–H and O–H groups in total. The van der Waals surface area contributed by atoms with Crippen molar-refractivity contribution in [2.45, 2.75) is 20.0 Å². The van der Waals surface area contributed by atoms with E-state index in [1.165, 1.54) is 0 Å². The Morgan fingerprint density at radius 1 is 1.16 bits per heavy atom. The van der Waals surface area contributed by atoms with Crippen LogP contribution >= 0.6 is 27.5 Å². The van der Waals surface area contributed by atoms with Gasteiger partial charge in [0, 0.05) is 4.47 Å². The zero-order valence-corrected chi connectivity index (χ0v) is 13.0. The standard InChI is InChI=1S/C15H14BrClO2/c1-9-7-12(16)4-6-14(9)19-15-5-3-11(10(2)18)8-13(15)17/h3-8,10,18H,1-2H3/t10-/m0/s1. The van der Waals surface area contributed by atoms with Crippen LogP contribution in [0.3, 0.4) is 0 Å². The van der Waals surface area contributed by atoms with Crippen molar-refractivity contribution in [1.82, 2.24) is 0 Å². The minimum Gasteiger partial charge on any atom is -0.456 e. The fourth-order valence-corrected chi connectivity index (χ4v) is 2.41. The number of aliphatic hydroxyl groups is 1. The molecule has 0 amide bonds. The molecule has 4 heteroatoms. The summed E-state index contributed by atoms with van der Waals surface area (Å²) in [7, 11) is 0. The van der Waals surface area contributed by atoms with Gasteiger partial charge < -0.3 is 9.84 Å². The topological polar surface area (TPSA) is 29.5 Å². The first kappa shape index (κ1) is 14.4. The Hall–Kier alpha value is -1.03. The maximum Gasteiger partial charge on any atom is 0.146 e. The third-order valence-electron chi connectivity index (χ3n) is 2.80. The lowest BCUT2D eigenvalue weighted by atomic mass is 10.1. The van der Waals surface area contributed by atoms with Gasteiger partial charge in [-0.05, 0) is 55.3 Å². The van der Waals surface area contributed by atoms with Crippen LogP contribution in [-0.4, -0.2) is 5.11 Å². The Labute approximate surface area is 126 Å². The van der Waals surface area contributed by atoms with E-state index >= 15 is 0 Å². The number of aryl methyl sites for hydroxylation is 1. The lowest BCUT2D eigenvalue weighted by molar-refractivity contribution is 0.199. The normalized spacial score (nSPS) is 12.3. The van der Waals surface area contributed by atoms with Gasteiger partial charge in [0.25, 0.3) is 0 Å². The predicted molar refractivity (Wildman–Crippen MR) is 81.0 cm³/mol. The molecule has 2 aromatic carbocycles. The number of halogens is 2. The molecule has 0 aliphatic carbocycles. The number of aliphatic hydroxyl groups excluding tert-OH is 1. The highest BCUT2D eigenvalue weighted by Crippen LogP contribution is 2.33. The van der Waals surface area contributed by atoms with Crippen molar-refractivity contribution in [3.63, 3.8) is 0 Å². The molecule has 0 heterocycles. The van der Waals surface area contributed by atoms with E-state index in [9.17, 15) is 5.11 Å². The molecule has 1 atom stereocenters. The maximum absolute atomic E-state index is 9.50. The molecule has 0 aliphatic heterocycles. The Morgan fingerprint density at radius 2 is 1.84 bits per heavy atom. The minimum atomic E-state index is -0.541. The van der Waals surface area contributed by atoms with Gasteiger partial charge in [0.1, 0.15) is 11.5 Å². The van der Waals surface area contributed by atoms with Gasteiger partial charge in [0.15, 0.2) is 0 Å². The third kappa shape index (κ3) is 3.50. The molecule has 100 valence electrons. The summed E-state index contributed by atoms with van der Waals surface area (Å²) < 4.78 is 6.80. The summed E-state index contributed by atoms with van der Waals surface area (Å²) in [4.78, 5) is 0. The first-order chi connectivity index (χ1) is 8.97. The van der Waals surface area contributed by atoms with Crippen LogP contribution in [0.15, 0.2) is 40.9 Å². The number of benzene rings is 2. The summed E-state index contributed by atoms with van der Waals surface area (Å²) >= 11 is 9.57. The van der Waals surface area contributed by atoms with Crippen LogP contribution in [0.1, 0.15) is 24.2 Å². The average molecular weight is 342 g/mol. The summed E-state index contributed by atoms with van der Waals surface area (Å²) in [5.41, 5.74) is 1.79. The summed E-state index contributed by atoms with van der Waals surface area (Å²) in [5.74, 6) is 1.34. The van der Waals surface area contributed by atoms with Crippen molar-refractivity contribution in [1.29, 1.82) is 0 Å². The second kappa shape index (κ2) is 5.95. The number of rotatable bonds is 3. The summed E-state index contributed by atoms with van der Waals surface area (Å²) in [6.07, 6.45) is -0.541. The molecule has 0 fully saturated rings. The fraction of sp³-hybridized carbons (Fsp3) is 0.200. The van der Waals surface area contributed by atoms with Crippen LogP contribution < -0.4 is 4.74 Å². The van der Waals surface area contributed by atoms with Crippen LogP contribution in [0, 0.1) is 6.92 Å². The Kier molecular flexibility index (Phi) is 4.50. The van der Waals surface area contributed by atoms with Gasteiger partial charge in [-0.1, -0.05) is 33.6 Å². The summed E-state index contributed by atoms with van der Waals surface area (Å²) in [6, 6.07) is 11.1. The lowest BCUT2D eigenvalue weighted by Gasteiger charge is -2.12. The van der Waals surface area contributed by atoms with Crippen molar-refractivity contribution in [3.05, 3.63) is 57.0 Å². The zero-order chi connectivity index (χ0) is 14.0. The molecule has 0 bridgehead atoms. The molecular formula is C15H14BrClO2. The SMILES string of the molecule is Cc1cc(Br)ccc1Oc1ccc([C@H](C)O)cc1Cl. The fourth-order valence-electron chi connectivity index (χ4n) is 1.71. The van der Waals surface area contributed by atoms with Gasteiger partial charge in [0.2, 0.25) is 0 Å². The third-order valence-corrected chi connectivity index (χ3v) is 3.58. The maximum atomic E-state index is 9.50. The highest BCUT2D eigenvalue weighted by atomic mass is 79.9. The highest BCUT2D eigenvalue weighted by Gasteiger charge is 2.09. The van der Waals surface area contributed by atoms with E-state index in [1.807, 2.05) is 25.1 Å². The number of hydrogen-bond donors (Lipinski definition) is 1. The Balaban J connectivity index is 2.28. The molecule has 0 aromatic heterocycles. The molecule has 2 rings (SSSR count). The van der Waals surface area contributed by atoms with Crippen LogP contribution in [0.25, 0.3) is 0 Å². The van der Waals surface area contributed by atoms with Crippen molar-refractivity contribution < 1.29 is 9.84 Å². The van der Waals surface area contributed by atoms with E-state index in [2.05, 4.69) is 15.9 Å². The van der Waals surface area contributed by atoms with E-state index < -0.39 is 6.10 Å². The number of hydrogen-bond acceptors (Lipinski definition) is 2. The van der Waals surface area contributed by atoms with E-state index in [0.717, 1.165) is 21.3 Å². The molecule has 19 heavy (non-hydrogen) atoms. The predicted octanol–water partition coefficient (Wildman–Crippen LogP) is 5.26. The second-order valence-electron chi connectivity index (χ2n) is 4.38. The first-order valence-electron chi connectivity index (χ1n) is 5.89. The van der Waals surface area contributed by atoms with Crippen molar-refractivity contribution in [3.8, 4) is 11.5 Å². The molecule has 2 nitrogen and oxygen atoms in total. The molecule has 0 radical (unpaired) electrons. The van der Waals surface area contributed by atoms with Crippen LogP contribution in [0.4, 0.5) is 0 Å². The molecule has 0 saturated carbocycles. The van der Waals surface area contributed by atoms with Gasteiger partial charge in [-0.3, -0.25) is 0 Å². The van der Waals surface area contributed by atoms with Crippen LogP contribution in [-0.2, 0) is 0 Å². The second-order valence-corrected chi connectivity index (χ2v) is 5.70. The smallest absolute Gasteiger partial charge is 0.146 e. The first-order valence-corrected chi connectivity index (χ1v) is 7.06. The molecule has 0 saturated heterocycles. The average Bonchev–Trinajstić information content (AvgIpc) is 2.34. The molecular weight excluding hydrogens is 328 g/mol. The lowest BCUT2D eigenvalue weighted by Crippen LogP contribution is -1.93. The Bertz CT molecular complexity index is 597. The Morgan fingerprint density at radius 3 is 2.42 bits per heavy atom. The van der Waals surface area contributed by atoms with E-state index in [0.29, 0.717) is 10.8 Å². The minimum absolute atomic E-state index is 0.487. The quantitative estimate of drug-likeness (QED) is 0.825. The van der Waals surface area contributed by atoms with Gasteiger partial charge in [-0.25, -0.2) is 0 Å². The van der Waals surface area contributed by atoms with Gasteiger partial charge in [-0.2, -0.15) is 0 Å². The van der Waals surface area contributed by atoms with E-state index in [4.69, 9.17) is 16.3 Å². The van der Waals surface area contributed by atoms with Gasteiger partial charge in [0.05, 0.1) is 11.1 Å². The highest BCUT2D eigenvalue weighted by molar-refractivity contribution is 9.10. The van der Waals surface area contributed by atoms with Crippen molar-refractivity contribution in [2.75, 3.05) is 0 Å². The van der Waals surface area contributed by atoms with E-state index in [-0.39, 0.29) is 0 Å². The van der Waals surface area contributed by atoms with Gasteiger partial charge >= 0.3 is 0 Å². The van der Waals surface area contributed by atoms with E-state index in [1.54, 1.807) is 25.1 Å². The summed E-state index contributed by atoms with van der Waals surface area (Å²) in [5, 5.41) is 9.99. The molecule has 2 aromatic rings. The zero-order valence-electron chi connectivity index (χ0n) is 10.7. The number of ether oxygens (including phenoxy) is 1. The molecule has 0 aliphatic rings. The van der Waals surface area contributed by atoms with Crippen molar-refractivity contribution >= 4 is 27.5 Å². The summed E-state index contributed by atoms with van der Waals surface area (Å²) in [6.45, 7) is 3.67. The largest absolute Gasteiger partial charge is 0.456 e. The van der Waals surface area contributed by atoms with Gasteiger partial charge in [-0.15, -0.1) is 0 Å². The van der Waals surface area contributed by atoms with Crippen LogP contribution in [0.5, 0.6) is 11.5 Å². The van der Waals surface area contributed by atoms with Crippen LogP contribution in [0.2, 0.25) is 5.02 Å². The molecule has 0 unspecified atom stereocenters. The molecule has 0 spiro atoms. The van der Waals surface area contributed by atoms with Crippen molar-refractivity contribution in [2.24, 2.45) is 0 Å². The monoisotopic (exact) mass is 340 g/mol.